The summed E-state index contributed by atoms with van der Waals surface area (Å²) in [6.45, 7) is 2.83. The molecule has 1 unspecified atom stereocenters. The molecule has 1 aromatic heterocycles. The minimum absolute atomic E-state index is 0.613. The first kappa shape index (κ1) is 11.4. The van der Waals surface area contributed by atoms with E-state index in [1.54, 1.807) is 10.9 Å². The quantitative estimate of drug-likeness (QED) is 0.939. The van der Waals surface area contributed by atoms with Crippen LogP contribution in [0.2, 0.25) is 0 Å². The summed E-state index contributed by atoms with van der Waals surface area (Å²) in [5.74, 6) is 0. The summed E-state index contributed by atoms with van der Waals surface area (Å²) in [5.41, 5.74) is 1.69. The number of benzene rings is 1. The summed E-state index contributed by atoms with van der Waals surface area (Å²) in [7, 11) is 0. The third-order valence-corrected chi connectivity index (χ3v) is 2.95. The van der Waals surface area contributed by atoms with Crippen molar-refractivity contribution in [3.8, 4) is 0 Å². The van der Waals surface area contributed by atoms with Gasteiger partial charge in [-0.05, 0) is 24.6 Å². The van der Waals surface area contributed by atoms with E-state index in [1.165, 1.54) is 0 Å². The maximum Gasteiger partial charge on any atom is 0.107 e. The molecule has 3 nitrogen and oxygen atoms in total. The molecule has 0 spiro atoms. The van der Waals surface area contributed by atoms with Crippen molar-refractivity contribution in [3.63, 3.8) is 0 Å². The fraction of sp³-hybridized carbons (Fsp3) is 0.250. The third-order valence-electron chi connectivity index (χ3n) is 2.46. The lowest BCUT2D eigenvalue weighted by atomic mass is 10.1. The summed E-state index contributed by atoms with van der Waals surface area (Å²) in [4.78, 5) is 0. The molecule has 0 radical (unpaired) electrons. The van der Waals surface area contributed by atoms with Gasteiger partial charge in [0.2, 0.25) is 0 Å². The maximum atomic E-state index is 10.2. The van der Waals surface area contributed by atoms with Gasteiger partial charge in [0.15, 0.2) is 0 Å². The second-order valence-electron chi connectivity index (χ2n) is 3.59. The van der Waals surface area contributed by atoms with Gasteiger partial charge in [0, 0.05) is 22.8 Å². The minimum atomic E-state index is -0.613. The highest BCUT2D eigenvalue weighted by Crippen LogP contribution is 2.23. The molecule has 0 fully saturated rings. The number of aryl methyl sites for hydroxylation is 1. The number of aliphatic hydroxyl groups excluding tert-OH is 1. The molecule has 84 valence electrons. The van der Waals surface area contributed by atoms with E-state index in [-0.39, 0.29) is 0 Å². The molecule has 1 N–H and O–H groups in total. The van der Waals surface area contributed by atoms with Crippen LogP contribution in [0.3, 0.4) is 0 Å². The van der Waals surface area contributed by atoms with Crippen LogP contribution >= 0.6 is 15.9 Å². The lowest BCUT2D eigenvalue weighted by Gasteiger charge is -2.08. The van der Waals surface area contributed by atoms with Crippen molar-refractivity contribution in [2.24, 2.45) is 0 Å². The molecular formula is C12H13BrN2O. The summed E-state index contributed by atoms with van der Waals surface area (Å²) in [6.07, 6.45) is 2.96. The van der Waals surface area contributed by atoms with E-state index in [9.17, 15) is 5.11 Å². The number of aliphatic hydroxyl groups is 1. The average molecular weight is 281 g/mol. The highest BCUT2D eigenvalue weighted by molar-refractivity contribution is 9.10. The van der Waals surface area contributed by atoms with Gasteiger partial charge in [0.05, 0.1) is 6.20 Å². The lowest BCUT2D eigenvalue weighted by molar-refractivity contribution is 0.220. The molecule has 2 aromatic rings. The number of rotatable bonds is 3. The third kappa shape index (κ3) is 2.33. The van der Waals surface area contributed by atoms with Crippen molar-refractivity contribution in [1.29, 1.82) is 0 Å². The van der Waals surface area contributed by atoms with E-state index in [2.05, 4.69) is 21.0 Å². The van der Waals surface area contributed by atoms with Crippen LogP contribution < -0.4 is 0 Å². The lowest BCUT2D eigenvalue weighted by Crippen LogP contribution is -1.98. The molecule has 0 amide bonds. The minimum Gasteiger partial charge on any atom is -0.384 e. The van der Waals surface area contributed by atoms with Gasteiger partial charge in [0.25, 0.3) is 0 Å². The van der Waals surface area contributed by atoms with Crippen molar-refractivity contribution in [1.82, 2.24) is 9.78 Å². The van der Waals surface area contributed by atoms with E-state index in [0.717, 1.165) is 22.1 Å². The van der Waals surface area contributed by atoms with E-state index in [4.69, 9.17) is 0 Å². The number of hydrogen-bond donors (Lipinski definition) is 1. The number of halogens is 1. The zero-order valence-electron chi connectivity index (χ0n) is 8.97. The summed E-state index contributed by atoms with van der Waals surface area (Å²) in [5, 5.41) is 14.3. The van der Waals surface area contributed by atoms with Crippen LogP contribution in [-0.4, -0.2) is 14.9 Å². The Morgan fingerprint density at radius 3 is 2.88 bits per heavy atom. The topological polar surface area (TPSA) is 38.0 Å². The Morgan fingerprint density at radius 2 is 2.25 bits per heavy atom. The first-order chi connectivity index (χ1) is 7.70. The molecule has 0 aliphatic carbocycles. The van der Waals surface area contributed by atoms with Crippen molar-refractivity contribution in [3.05, 3.63) is 52.3 Å². The highest BCUT2D eigenvalue weighted by atomic mass is 79.9. The van der Waals surface area contributed by atoms with Gasteiger partial charge in [0.1, 0.15) is 6.10 Å². The second kappa shape index (κ2) is 4.80. The number of aromatic nitrogens is 2. The largest absolute Gasteiger partial charge is 0.384 e. The fourth-order valence-electron chi connectivity index (χ4n) is 1.56. The highest BCUT2D eigenvalue weighted by Gasteiger charge is 2.12. The Bertz CT molecular complexity index is 481. The van der Waals surface area contributed by atoms with Gasteiger partial charge in [-0.15, -0.1) is 0 Å². The smallest absolute Gasteiger partial charge is 0.107 e. The van der Waals surface area contributed by atoms with Crippen molar-refractivity contribution in [2.45, 2.75) is 19.6 Å². The van der Waals surface area contributed by atoms with Crippen LogP contribution in [0.1, 0.15) is 24.2 Å². The van der Waals surface area contributed by atoms with Gasteiger partial charge in [-0.2, -0.15) is 5.10 Å². The SMILES string of the molecule is CCn1cc(C(O)c2cccc(Br)c2)cn1. The molecule has 16 heavy (non-hydrogen) atoms. The molecule has 1 atom stereocenters. The Balaban J connectivity index is 2.27. The Hall–Kier alpha value is -1.13. The van der Waals surface area contributed by atoms with Crippen LogP contribution in [0.5, 0.6) is 0 Å². The van der Waals surface area contributed by atoms with Crippen LogP contribution in [-0.2, 0) is 6.54 Å². The van der Waals surface area contributed by atoms with E-state index in [0.29, 0.717) is 0 Å². The predicted octanol–water partition coefficient (Wildman–Crippen LogP) is 2.75. The fourth-order valence-corrected chi connectivity index (χ4v) is 1.98. The van der Waals surface area contributed by atoms with E-state index in [1.807, 2.05) is 37.4 Å². The normalized spacial score (nSPS) is 12.7. The second-order valence-corrected chi connectivity index (χ2v) is 4.50. The maximum absolute atomic E-state index is 10.2. The van der Waals surface area contributed by atoms with Crippen LogP contribution in [0.15, 0.2) is 41.1 Å². The molecular weight excluding hydrogens is 268 g/mol. The Kier molecular flexibility index (Phi) is 3.41. The van der Waals surface area contributed by atoms with Crippen LogP contribution in [0, 0.1) is 0 Å². The van der Waals surface area contributed by atoms with Gasteiger partial charge in [-0.25, -0.2) is 0 Å². The predicted molar refractivity (Wildman–Crippen MR) is 66.1 cm³/mol. The molecule has 4 heteroatoms. The molecule has 0 bridgehead atoms. The number of hydrogen-bond acceptors (Lipinski definition) is 2. The Labute approximate surface area is 103 Å². The van der Waals surface area contributed by atoms with Gasteiger partial charge in [-0.1, -0.05) is 28.1 Å². The molecule has 0 aliphatic rings. The summed E-state index contributed by atoms with van der Waals surface area (Å²) >= 11 is 3.39. The molecule has 1 heterocycles. The first-order valence-electron chi connectivity index (χ1n) is 5.16. The monoisotopic (exact) mass is 280 g/mol. The molecule has 0 saturated heterocycles. The van der Waals surface area contributed by atoms with Gasteiger partial charge < -0.3 is 5.11 Å². The van der Waals surface area contributed by atoms with Crippen LogP contribution in [0.25, 0.3) is 0 Å². The standard InChI is InChI=1S/C12H13BrN2O/c1-2-15-8-10(7-14-15)12(16)9-4-3-5-11(13)6-9/h3-8,12,16H,2H2,1H3. The van der Waals surface area contributed by atoms with Crippen molar-refractivity contribution in [2.75, 3.05) is 0 Å². The summed E-state index contributed by atoms with van der Waals surface area (Å²) < 4.78 is 2.77. The number of nitrogens with zero attached hydrogens (tertiary/aromatic N) is 2. The molecule has 1 aromatic carbocycles. The zero-order valence-corrected chi connectivity index (χ0v) is 10.6. The van der Waals surface area contributed by atoms with E-state index >= 15 is 0 Å². The van der Waals surface area contributed by atoms with Crippen molar-refractivity contribution >= 4 is 15.9 Å². The summed E-state index contributed by atoms with van der Waals surface area (Å²) in [6, 6.07) is 7.66. The molecule has 0 aliphatic heterocycles. The van der Waals surface area contributed by atoms with Crippen molar-refractivity contribution < 1.29 is 5.11 Å². The van der Waals surface area contributed by atoms with E-state index < -0.39 is 6.10 Å². The average Bonchev–Trinajstić information content (AvgIpc) is 2.76. The molecule has 2 rings (SSSR count). The van der Waals surface area contributed by atoms with Gasteiger partial charge >= 0.3 is 0 Å². The zero-order chi connectivity index (χ0) is 11.5. The Morgan fingerprint density at radius 1 is 1.44 bits per heavy atom. The van der Waals surface area contributed by atoms with Crippen LogP contribution in [0.4, 0.5) is 0 Å². The first-order valence-corrected chi connectivity index (χ1v) is 5.96. The molecule has 0 saturated carbocycles. The van der Waals surface area contributed by atoms with Gasteiger partial charge in [-0.3, -0.25) is 4.68 Å².